The molecule has 1 rings (SSSR count). The number of likely N-dealkylation sites (N-methyl/N-ethyl adjacent to an activating group) is 1. The molecule has 4 heteroatoms. The Morgan fingerprint density at radius 1 is 1.44 bits per heavy atom. The summed E-state index contributed by atoms with van der Waals surface area (Å²) in [6.07, 6.45) is 4.28. The van der Waals surface area contributed by atoms with Crippen molar-refractivity contribution in [2.75, 3.05) is 20.1 Å². The van der Waals surface area contributed by atoms with Gasteiger partial charge >= 0.3 is 0 Å². The van der Waals surface area contributed by atoms with Crippen molar-refractivity contribution in [3.8, 4) is 0 Å². The van der Waals surface area contributed by atoms with E-state index in [0.29, 0.717) is 12.5 Å². The van der Waals surface area contributed by atoms with E-state index in [0.717, 1.165) is 13.0 Å². The predicted molar refractivity (Wildman–Crippen MR) is 76.5 cm³/mol. The molecule has 0 bridgehead atoms. The number of rotatable bonds is 7. The standard InChI is InChI=1S/C14H28N4/c1-6-11(3)9-17(4)14(8-15)12-10-18(5)16-13(12)7-2/h10-11,14H,6-9,15H2,1-5H3. The van der Waals surface area contributed by atoms with Crippen LogP contribution in [0.2, 0.25) is 0 Å². The van der Waals surface area contributed by atoms with Gasteiger partial charge in [0.15, 0.2) is 0 Å². The Kier molecular flexibility index (Phi) is 5.82. The molecule has 0 amide bonds. The highest BCUT2D eigenvalue weighted by Crippen LogP contribution is 2.23. The Morgan fingerprint density at radius 3 is 2.61 bits per heavy atom. The Labute approximate surface area is 111 Å². The first-order chi connectivity index (χ1) is 8.53. The Hall–Kier alpha value is -0.870. The van der Waals surface area contributed by atoms with E-state index in [4.69, 9.17) is 5.73 Å². The molecule has 0 radical (unpaired) electrons. The normalized spacial score (nSPS) is 15.1. The highest BCUT2D eigenvalue weighted by atomic mass is 15.3. The number of nitrogens with two attached hydrogens (primary N) is 1. The maximum absolute atomic E-state index is 5.98. The lowest BCUT2D eigenvalue weighted by molar-refractivity contribution is 0.214. The monoisotopic (exact) mass is 252 g/mol. The lowest BCUT2D eigenvalue weighted by Gasteiger charge is -2.29. The maximum atomic E-state index is 5.98. The van der Waals surface area contributed by atoms with E-state index in [2.05, 4.69) is 44.0 Å². The largest absolute Gasteiger partial charge is 0.329 e. The van der Waals surface area contributed by atoms with Gasteiger partial charge in [-0.15, -0.1) is 0 Å². The van der Waals surface area contributed by atoms with E-state index in [1.54, 1.807) is 0 Å². The van der Waals surface area contributed by atoms with Crippen molar-refractivity contribution in [3.05, 3.63) is 17.5 Å². The molecule has 0 aliphatic heterocycles. The van der Waals surface area contributed by atoms with Crippen LogP contribution in [0, 0.1) is 5.92 Å². The van der Waals surface area contributed by atoms with Crippen molar-refractivity contribution < 1.29 is 0 Å². The summed E-state index contributed by atoms with van der Waals surface area (Å²) in [5, 5.41) is 4.51. The summed E-state index contributed by atoms with van der Waals surface area (Å²) >= 11 is 0. The molecule has 2 N–H and O–H groups in total. The van der Waals surface area contributed by atoms with Crippen molar-refractivity contribution in [1.82, 2.24) is 14.7 Å². The van der Waals surface area contributed by atoms with Crippen LogP contribution in [-0.2, 0) is 13.5 Å². The predicted octanol–water partition coefficient (Wildman–Crippen LogP) is 1.96. The summed E-state index contributed by atoms with van der Waals surface area (Å²) in [5.74, 6) is 0.700. The first-order valence-corrected chi connectivity index (χ1v) is 6.96. The molecule has 0 aliphatic rings. The van der Waals surface area contributed by atoms with Gasteiger partial charge in [-0.25, -0.2) is 0 Å². The van der Waals surface area contributed by atoms with E-state index in [-0.39, 0.29) is 6.04 Å². The van der Waals surface area contributed by atoms with Crippen LogP contribution in [0.4, 0.5) is 0 Å². The molecule has 1 aromatic rings. The second-order valence-electron chi connectivity index (χ2n) is 5.26. The minimum Gasteiger partial charge on any atom is -0.329 e. The van der Waals surface area contributed by atoms with Crippen LogP contribution in [0.3, 0.4) is 0 Å². The van der Waals surface area contributed by atoms with E-state index < -0.39 is 0 Å². The lowest BCUT2D eigenvalue weighted by Crippen LogP contribution is -2.34. The van der Waals surface area contributed by atoms with E-state index in [1.807, 2.05) is 11.7 Å². The second kappa shape index (κ2) is 6.90. The molecule has 0 fully saturated rings. The van der Waals surface area contributed by atoms with Crippen molar-refractivity contribution in [1.29, 1.82) is 0 Å². The van der Waals surface area contributed by atoms with Gasteiger partial charge in [0.25, 0.3) is 0 Å². The summed E-state index contributed by atoms with van der Waals surface area (Å²) in [7, 11) is 4.14. The van der Waals surface area contributed by atoms with Gasteiger partial charge in [0.1, 0.15) is 0 Å². The molecule has 1 aromatic heterocycles. The average molecular weight is 252 g/mol. The van der Waals surface area contributed by atoms with Crippen LogP contribution in [0.1, 0.15) is 44.5 Å². The minimum atomic E-state index is 0.280. The third kappa shape index (κ3) is 3.56. The van der Waals surface area contributed by atoms with Crippen LogP contribution in [0.25, 0.3) is 0 Å². The van der Waals surface area contributed by atoms with Gasteiger partial charge in [0.05, 0.1) is 11.7 Å². The van der Waals surface area contributed by atoms with Gasteiger partial charge in [-0.2, -0.15) is 5.10 Å². The molecular formula is C14H28N4. The van der Waals surface area contributed by atoms with Gasteiger partial charge in [-0.1, -0.05) is 27.2 Å². The van der Waals surface area contributed by atoms with Crippen molar-refractivity contribution in [2.45, 2.75) is 39.7 Å². The van der Waals surface area contributed by atoms with Crippen LogP contribution in [0.5, 0.6) is 0 Å². The smallest absolute Gasteiger partial charge is 0.0670 e. The molecule has 1 heterocycles. The first kappa shape index (κ1) is 15.2. The lowest BCUT2D eigenvalue weighted by atomic mass is 10.0. The van der Waals surface area contributed by atoms with Crippen molar-refractivity contribution in [3.63, 3.8) is 0 Å². The van der Waals surface area contributed by atoms with Gasteiger partial charge in [0.2, 0.25) is 0 Å². The number of hydrogen-bond acceptors (Lipinski definition) is 3. The molecule has 104 valence electrons. The number of nitrogens with zero attached hydrogens (tertiary/aromatic N) is 3. The van der Waals surface area contributed by atoms with Gasteiger partial charge in [0, 0.05) is 31.9 Å². The summed E-state index contributed by atoms with van der Waals surface area (Å²) in [6.45, 7) is 8.39. The van der Waals surface area contributed by atoms with E-state index in [1.165, 1.54) is 17.7 Å². The zero-order valence-corrected chi connectivity index (χ0v) is 12.5. The van der Waals surface area contributed by atoms with E-state index >= 15 is 0 Å². The molecule has 0 saturated heterocycles. The third-order valence-corrected chi connectivity index (χ3v) is 3.68. The van der Waals surface area contributed by atoms with Gasteiger partial charge in [-0.3, -0.25) is 9.58 Å². The molecule has 2 unspecified atom stereocenters. The summed E-state index contributed by atoms with van der Waals surface area (Å²) in [5.41, 5.74) is 8.43. The molecule has 0 spiro atoms. The SMILES string of the molecule is CCc1nn(C)cc1C(CN)N(C)CC(C)CC. The van der Waals surface area contributed by atoms with Crippen molar-refractivity contribution in [2.24, 2.45) is 18.7 Å². The minimum absolute atomic E-state index is 0.280. The Morgan fingerprint density at radius 2 is 2.11 bits per heavy atom. The maximum Gasteiger partial charge on any atom is 0.0670 e. The number of aryl methyl sites for hydroxylation is 2. The molecular weight excluding hydrogens is 224 g/mol. The van der Waals surface area contributed by atoms with Crippen LogP contribution >= 0.6 is 0 Å². The summed E-state index contributed by atoms with van der Waals surface area (Å²) in [4.78, 5) is 2.37. The fraction of sp³-hybridized carbons (Fsp3) is 0.786. The summed E-state index contributed by atoms with van der Waals surface area (Å²) < 4.78 is 1.90. The zero-order chi connectivity index (χ0) is 13.7. The zero-order valence-electron chi connectivity index (χ0n) is 12.5. The summed E-state index contributed by atoms with van der Waals surface area (Å²) in [6, 6.07) is 0.280. The molecule has 0 aliphatic carbocycles. The fourth-order valence-corrected chi connectivity index (χ4v) is 2.40. The van der Waals surface area contributed by atoms with Crippen LogP contribution in [0.15, 0.2) is 6.20 Å². The Balaban J connectivity index is 2.87. The molecule has 4 nitrogen and oxygen atoms in total. The quantitative estimate of drug-likeness (QED) is 0.807. The third-order valence-electron chi connectivity index (χ3n) is 3.68. The number of hydrogen-bond donors (Lipinski definition) is 1. The van der Waals surface area contributed by atoms with Crippen molar-refractivity contribution >= 4 is 0 Å². The van der Waals surface area contributed by atoms with Crippen LogP contribution in [-0.4, -0.2) is 34.8 Å². The first-order valence-electron chi connectivity index (χ1n) is 6.96. The second-order valence-corrected chi connectivity index (χ2v) is 5.26. The number of aromatic nitrogens is 2. The van der Waals surface area contributed by atoms with E-state index in [9.17, 15) is 0 Å². The van der Waals surface area contributed by atoms with Gasteiger partial charge in [-0.05, 0) is 19.4 Å². The average Bonchev–Trinajstić information content (AvgIpc) is 2.71. The molecule has 18 heavy (non-hydrogen) atoms. The molecule has 0 saturated carbocycles. The van der Waals surface area contributed by atoms with Crippen LogP contribution < -0.4 is 5.73 Å². The molecule has 2 atom stereocenters. The fourth-order valence-electron chi connectivity index (χ4n) is 2.40. The highest BCUT2D eigenvalue weighted by molar-refractivity contribution is 5.22. The van der Waals surface area contributed by atoms with Gasteiger partial charge < -0.3 is 5.73 Å². The highest BCUT2D eigenvalue weighted by Gasteiger charge is 2.21. The molecule has 0 aromatic carbocycles. The topological polar surface area (TPSA) is 47.1 Å². The Bertz CT molecular complexity index is 359.